The standard InChI is InChI=1S/C37H24O10/c1-23-20-32(46-36(42)28-10-14-30(15-11-28)44-34(40)26-6-2-24(21-38)3-7-26)18-19-33(23)47-37(43)29-12-16-31(17-13-29)45-35(41)27-8-4-25(22-39)5-9-27/h2-22H,1H3. The Morgan fingerprint density at radius 3 is 1.11 bits per heavy atom. The van der Waals surface area contributed by atoms with Crippen LogP contribution >= 0.6 is 0 Å². The first-order valence-electron chi connectivity index (χ1n) is 14.0. The molecule has 0 saturated heterocycles. The molecule has 0 unspecified atom stereocenters. The van der Waals surface area contributed by atoms with Gasteiger partial charge in [-0.05, 0) is 103 Å². The normalized spacial score (nSPS) is 10.3. The number of hydrogen-bond acceptors (Lipinski definition) is 10. The molecule has 0 fully saturated rings. The number of carbonyl (C=O) groups excluding carboxylic acids is 6. The summed E-state index contributed by atoms with van der Waals surface area (Å²) in [5.41, 5.74) is 2.33. The van der Waals surface area contributed by atoms with Crippen molar-refractivity contribution in [3.05, 3.63) is 154 Å². The van der Waals surface area contributed by atoms with Crippen LogP contribution in [0.25, 0.3) is 0 Å². The fourth-order valence-electron chi connectivity index (χ4n) is 4.17. The second kappa shape index (κ2) is 14.4. The van der Waals surface area contributed by atoms with E-state index < -0.39 is 23.9 Å². The van der Waals surface area contributed by atoms with Gasteiger partial charge in [0.2, 0.25) is 0 Å². The molecule has 0 atom stereocenters. The van der Waals surface area contributed by atoms with Crippen LogP contribution in [0.2, 0.25) is 0 Å². The number of benzene rings is 5. The first-order chi connectivity index (χ1) is 22.7. The lowest BCUT2D eigenvalue weighted by atomic mass is 10.1. The van der Waals surface area contributed by atoms with E-state index in [9.17, 15) is 28.8 Å². The fourth-order valence-corrected chi connectivity index (χ4v) is 4.17. The van der Waals surface area contributed by atoms with Crippen molar-refractivity contribution in [1.29, 1.82) is 0 Å². The lowest BCUT2D eigenvalue weighted by molar-refractivity contribution is 0.0715. The molecule has 0 radical (unpaired) electrons. The van der Waals surface area contributed by atoms with Crippen molar-refractivity contribution < 1.29 is 47.7 Å². The van der Waals surface area contributed by atoms with Crippen LogP contribution in [0.4, 0.5) is 0 Å². The molecule has 10 heteroatoms. The summed E-state index contributed by atoms with van der Waals surface area (Å²) in [6.07, 6.45) is 1.34. The highest BCUT2D eigenvalue weighted by molar-refractivity contribution is 5.94. The molecule has 5 aromatic rings. The Hall–Kier alpha value is -6.68. The topological polar surface area (TPSA) is 139 Å². The van der Waals surface area contributed by atoms with Crippen LogP contribution in [0, 0.1) is 6.92 Å². The van der Waals surface area contributed by atoms with Gasteiger partial charge in [0.1, 0.15) is 35.6 Å². The van der Waals surface area contributed by atoms with Crippen molar-refractivity contribution in [2.45, 2.75) is 6.92 Å². The van der Waals surface area contributed by atoms with E-state index in [-0.39, 0.29) is 45.3 Å². The number of hydrogen-bond donors (Lipinski definition) is 0. The van der Waals surface area contributed by atoms with Crippen LogP contribution in [0.1, 0.15) is 67.7 Å². The van der Waals surface area contributed by atoms with Crippen molar-refractivity contribution >= 4 is 36.4 Å². The summed E-state index contributed by atoms with van der Waals surface area (Å²) in [6.45, 7) is 1.68. The SMILES string of the molecule is Cc1cc(OC(=O)c2ccc(OC(=O)c3ccc(C=O)cc3)cc2)ccc1OC(=O)c1ccc(OC(=O)c2ccc(C=O)cc2)cc1. The van der Waals surface area contributed by atoms with Gasteiger partial charge in [0.25, 0.3) is 0 Å². The van der Waals surface area contributed by atoms with Crippen LogP contribution in [-0.2, 0) is 0 Å². The molecule has 47 heavy (non-hydrogen) atoms. The van der Waals surface area contributed by atoms with Gasteiger partial charge in [0.05, 0.1) is 22.3 Å². The Balaban J connectivity index is 1.14. The molecule has 0 N–H and O–H groups in total. The second-order valence-electron chi connectivity index (χ2n) is 10.0. The van der Waals surface area contributed by atoms with E-state index >= 15 is 0 Å². The van der Waals surface area contributed by atoms with E-state index in [2.05, 4.69) is 0 Å². The van der Waals surface area contributed by atoms with Crippen LogP contribution in [0.15, 0.2) is 115 Å². The Morgan fingerprint density at radius 2 is 0.745 bits per heavy atom. The summed E-state index contributed by atoms with van der Waals surface area (Å²) < 4.78 is 21.6. The molecule has 5 aromatic carbocycles. The van der Waals surface area contributed by atoms with Gasteiger partial charge in [-0.3, -0.25) is 9.59 Å². The van der Waals surface area contributed by atoms with E-state index in [4.69, 9.17) is 18.9 Å². The molecule has 0 aromatic heterocycles. The third-order valence-electron chi connectivity index (χ3n) is 6.73. The largest absolute Gasteiger partial charge is 0.423 e. The molecule has 0 aliphatic heterocycles. The van der Waals surface area contributed by atoms with Crippen molar-refractivity contribution in [3.8, 4) is 23.0 Å². The lowest BCUT2D eigenvalue weighted by Gasteiger charge is -2.11. The molecular formula is C37H24O10. The molecule has 10 nitrogen and oxygen atoms in total. The average molecular weight is 629 g/mol. The maximum absolute atomic E-state index is 12.7. The maximum atomic E-state index is 12.7. The summed E-state index contributed by atoms with van der Waals surface area (Å²) in [4.78, 5) is 71.7. The first-order valence-corrected chi connectivity index (χ1v) is 14.0. The summed E-state index contributed by atoms with van der Waals surface area (Å²) in [5.74, 6) is -1.66. The van der Waals surface area contributed by atoms with Crippen LogP contribution in [0.5, 0.6) is 23.0 Å². The fraction of sp³-hybridized carbons (Fsp3) is 0.0270. The van der Waals surface area contributed by atoms with E-state index in [1.807, 2.05) is 0 Å². The van der Waals surface area contributed by atoms with Gasteiger partial charge >= 0.3 is 23.9 Å². The zero-order valence-corrected chi connectivity index (χ0v) is 24.7. The minimum absolute atomic E-state index is 0.207. The molecule has 0 bridgehead atoms. The molecule has 0 spiro atoms. The number of aldehydes is 2. The van der Waals surface area contributed by atoms with E-state index in [1.54, 1.807) is 6.92 Å². The molecule has 0 aliphatic rings. The number of aryl methyl sites for hydroxylation is 1. The highest BCUT2D eigenvalue weighted by Gasteiger charge is 2.16. The second-order valence-corrected chi connectivity index (χ2v) is 10.0. The predicted octanol–water partition coefficient (Wildman–Crippen LogP) is 6.50. The number of ether oxygens (including phenoxy) is 4. The van der Waals surface area contributed by atoms with E-state index in [1.165, 1.54) is 115 Å². The molecular weight excluding hydrogens is 604 g/mol. The van der Waals surface area contributed by atoms with Crippen LogP contribution < -0.4 is 18.9 Å². The Kier molecular flexibility index (Phi) is 9.72. The van der Waals surface area contributed by atoms with Gasteiger partial charge in [0, 0.05) is 11.1 Å². The van der Waals surface area contributed by atoms with Gasteiger partial charge in [-0.1, -0.05) is 24.3 Å². The van der Waals surface area contributed by atoms with Crippen molar-refractivity contribution in [2.75, 3.05) is 0 Å². The van der Waals surface area contributed by atoms with Gasteiger partial charge in [-0.25, -0.2) is 19.2 Å². The first kappa shape index (κ1) is 31.7. The summed E-state index contributed by atoms with van der Waals surface area (Å²) in [5, 5.41) is 0. The number of rotatable bonds is 10. The molecule has 0 heterocycles. The minimum Gasteiger partial charge on any atom is -0.423 e. The monoisotopic (exact) mass is 628 g/mol. The van der Waals surface area contributed by atoms with Crippen molar-refractivity contribution in [2.24, 2.45) is 0 Å². The summed E-state index contributed by atoms with van der Waals surface area (Å²) >= 11 is 0. The minimum atomic E-state index is -0.657. The predicted molar refractivity (Wildman–Crippen MR) is 168 cm³/mol. The van der Waals surface area contributed by atoms with Gasteiger partial charge < -0.3 is 18.9 Å². The number of esters is 4. The zero-order chi connectivity index (χ0) is 33.3. The summed E-state index contributed by atoms with van der Waals surface area (Å²) in [6, 6.07) is 28.0. The van der Waals surface area contributed by atoms with Crippen LogP contribution in [0.3, 0.4) is 0 Å². The molecule has 5 rings (SSSR count). The molecule has 232 valence electrons. The molecule has 0 saturated carbocycles. The van der Waals surface area contributed by atoms with E-state index in [0.717, 1.165) is 0 Å². The summed E-state index contributed by atoms with van der Waals surface area (Å²) in [7, 11) is 0. The zero-order valence-electron chi connectivity index (χ0n) is 24.7. The number of carbonyl (C=O) groups is 6. The highest BCUT2D eigenvalue weighted by atomic mass is 16.5. The van der Waals surface area contributed by atoms with Crippen molar-refractivity contribution in [3.63, 3.8) is 0 Å². The Morgan fingerprint density at radius 1 is 0.426 bits per heavy atom. The Labute approximate surface area is 268 Å². The lowest BCUT2D eigenvalue weighted by Crippen LogP contribution is -2.11. The third kappa shape index (κ3) is 8.08. The van der Waals surface area contributed by atoms with Gasteiger partial charge in [0.15, 0.2) is 0 Å². The van der Waals surface area contributed by atoms with Crippen LogP contribution in [-0.4, -0.2) is 36.4 Å². The smallest absolute Gasteiger partial charge is 0.343 e. The van der Waals surface area contributed by atoms with Gasteiger partial charge in [-0.2, -0.15) is 0 Å². The molecule has 0 aliphatic carbocycles. The third-order valence-corrected chi connectivity index (χ3v) is 6.73. The maximum Gasteiger partial charge on any atom is 0.343 e. The van der Waals surface area contributed by atoms with Crippen molar-refractivity contribution in [1.82, 2.24) is 0 Å². The van der Waals surface area contributed by atoms with E-state index in [0.29, 0.717) is 29.3 Å². The average Bonchev–Trinajstić information content (AvgIpc) is 3.10. The highest BCUT2D eigenvalue weighted by Crippen LogP contribution is 2.26. The van der Waals surface area contributed by atoms with Gasteiger partial charge in [-0.15, -0.1) is 0 Å². The molecule has 0 amide bonds. The Bertz CT molecular complexity index is 1960. The quantitative estimate of drug-likeness (QED) is 0.0957.